The summed E-state index contributed by atoms with van der Waals surface area (Å²) in [5.74, 6) is 1.03. The molecule has 1 aromatic rings. The summed E-state index contributed by atoms with van der Waals surface area (Å²) in [5.41, 5.74) is 0. The molecule has 1 aromatic heterocycles. The van der Waals surface area contributed by atoms with Gasteiger partial charge in [0.1, 0.15) is 5.82 Å². The lowest BCUT2D eigenvalue weighted by Crippen LogP contribution is -2.41. The molecule has 2 fully saturated rings. The van der Waals surface area contributed by atoms with Crippen molar-refractivity contribution in [2.75, 3.05) is 26.2 Å². The van der Waals surface area contributed by atoms with Crippen LogP contribution >= 0.6 is 0 Å². The molecule has 0 atom stereocenters. The molecule has 128 valence electrons. The summed E-state index contributed by atoms with van der Waals surface area (Å²) in [6.07, 6.45) is 5.81. The maximum atomic E-state index is 12.7. The van der Waals surface area contributed by atoms with E-state index in [1.807, 2.05) is 11.8 Å². The van der Waals surface area contributed by atoms with E-state index in [0.29, 0.717) is 44.8 Å². The van der Waals surface area contributed by atoms with Gasteiger partial charge in [-0.1, -0.05) is 13.3 Å². The fourth-order valence-electron chi connectivity index (χ4n) is 3.06. The number of rotatable bonds is 4. The molecular formula is C15H24N4O3S. The second-order valence-electron chi connectivity index (χ2n) is 6.26. The van der Waals surface area contributed by atoms with Gasteiger partial charge in [0.2, 0.25) is 5.91 Å². The number of H-pyrrole nitrogens is 1. The van der Waals surface area contributed by atoms with Gasteiger partial charge >= 0.3 is 0 Å². The van der Waals surface area contributed by atoms with Crippen molar-refractivity contribution in [3.63, 3.8) is 0 Å². The average Bonchev–Trinajstić information content (AvgIpc) is 2.82. The number of nitrogens with zero attached hydrogens (tertiary/aromatic N) is 3. The van der Waals surface area contributed by atoms with Crippen LogP contribution < -0.4 is 0 Å². The summed E-state index contributed by atoms with van der Waals surface area (Å²) in [5, 5.41) is 0.146. The number of sulfonamides is 1. The highest BCUT2D eigenvalue weighted by Crippen LogP contribution is 2.28. The molecule has 1 aliphatic carbocycles. The van der Waals surface area contributed by atoms with Crippen molar-refractivity contribution in [1.82, 2.24) is 19.2 Å². The Hall–Kier alpha value is -1.41. The van der Waals surface area contributed by atoms with E-state index in [1.165, 1.54) is 10.5 Å². The first-order valence-corrected chi connectivity index (χ1v) is 9.79. The van der Waals surface area contributed by atoms with Gasteiger partial charge in [-0.3, -0.25) is 4.79 Å². The fraction of sp³-hybridized carbons (Fsp3) is 0.733. The summed E-state index contributed by atoms with van der Waals surface area (Å²) in [4.78, 5) is 21.1. The van der Waals surface area contributed by atoms with E-state index in [1.54, 1.807) is 0 Å². The molecule has 1 aliphatic heterocycles. The second-order valence-corrected chi connectivity index (χ2v) is 8.16. The highest BCUT2D eigenvalue weighted by Gasteiger charge is 2.33. The normalized spacial score (nSPS) is 21.0. The standard InChI is InChI=1S/C15H24N4O3S/c1-2-13-16-11-14(17-13)23(21,22)19-8-4-7-18(9-10-19)15(20)12-5-3-6-12/h11-12H,2-10H2,1H3,(H,16,17). The van der Waals surface area contributed by atoms with Gasteiger partial charge in [0.05, 0.1) is 6.20 Å². The van der Waals surface area contributed by atoms with Gasteiger partial charge in [-0.15, -0.1) is 0 Å². The first-order valence-electron chi connectivity index (χ1n) is 8.35. The van der Waals surface area contributed by atoms with Crippen LogP contribution in [-0.4, -0.2) is 59.7 Å². The molecule has 23 heavy (non-hydrogen) atoms. The molecule has 0 bridgehead atoms. The Morgan fingerprint density at radius 3 is 2.65 bits per heavy atom. The average molecular weight is 340 g/mol. The number of aryl methyl sites for hydroxylation is 1. The molecule has 2 heterocycles. The van der Waals surface area contributed by atoms with E-state index in [0.717, 1.165) is 19.3 Å². The third-order valence-corrected chi connectivity index (χ3v) is 6.59. The van der Waals surface area contributed by atoms with Gasteiger partial charge in [0.15, 0.2) is 5.03 Å². The Bertz CT molecular complexity index is 666. The summed E-state index contributed by atoms with van der Waals surface area (Å²) >= 11 is 0. The largest absolute Gasteiger partial charge is 0.341 e. The zero-order valence-corrected chi connectivity index (χ0v) is 14.3. The minimum Gasteiger partial charge on any atom is -0.341 e. The first-order chi connectivity index (χ1) is 11.0. The van der Waals surface area contributed by atoms with Crippen molar-refractivity contribution >= 4 is 15.9 Å². The molecule has 1 N–H and O–H groups in total. The summed E-state index contributed by atoms with van der Waals surface area (Å²) in [6, 6.07) is 0. The molecular weight excluding hydrogens is 316 g/mol. The highest BCUT2D eigenvalue weighted by atomic mass is 32.2. The summed E-state index contributed by atoms with van der Waals surface area (Å²) in [6.45, 7) is 3.83. The van der Waals surface area contributed by atoms with Gasteiger partial charge in [0, 0.05) is 38.5 Å². The van der Waals surface area contributed by atoms with Gasteiger partial charge in [-0.25, -0.2) is 13.4 Å². The number of imidazole rings is 1. The van der Waals surface area contributed by atoms with E-state index in [9.17, 15) is 13.2 Å². The predicted octanol–water partition coefficient (Wildman–Crippen LogP) is 0.995. The van der Waals surface area contributed by atoms with Gasteiger partial charge in [-0.05, 0) is 19.3 Å². The molecule has 0 spiro atoms. The summed E-state index contributed by atoms with van der Waals surface area (Å²) < 4.78 is 26.9. The number of amides is 1. The van der Waals surface area contributed by atoms with Gasteiger partial charge < -0.3 is 9.88 Å². The molecule has 1 amide bonds. The number of carbonyl (C=O) groups is 1. The lowest BCUT2D eigenvalue weighted by atomic mass is 9.84. The van der Waals surface area contributed by atoms with Crippen LogP contribution in [0.3, 0.4) is 0 Å². The predicted molar refractivity (Wildman–Crippen MR) is 85.3 cm³/mol. The van der Waals surface area contributed by atoms with Crippen molar-refractivity contribution < 1.29 is 13.2 Å². The molecule has 0 radical (unpaired) electrons. The van der Waals surface area contributed by atoms with Crippen LogP contribution in [0.5, 0.6) is 0 Å². The van der Waals surface area contributed by atoms with Gasteiger partial charge in [-0.2, -0.15) is 4.31 Å². The Kier molecular flexibility index (Phi) is 4.72. The Balaban J connectivity index is 1.68. The maximum absolute atomic E-state index is 12.7. The quantitative estimate of drug-likeness (QED) is 0.886. The highest BCUT2D eigenvalue weighted by molar-refractivity contribution is 7.89. The molecule has 1 saturated heterocycles. The van der Waals surface area contributed by atoms with Crippen molar-refractivity contribution in [1.29, 1.82) is 0 Å². The smallest absolute Gasteiger partial charge is 0.260 e. The van der Waals surface area contributed by atoms with Crippen LogP contribution in [0.25, 0.3) is 0 Å². The van der Waals surface area contributed by atoms with Crippen molar-refractivity contribution in [2.24, 2.45) is 5.92 Å². The third kappa shape index (κ3) is 3.28. The number of hydrogen-bond donors (Lipinski definition) is 1. The van der Waals surface area contributed by atoms with Crippen LogP contribution in [0, 0.1) is 5.92 Å². The summed E-state index contributed by atoms with van der Waals surface area (Å²) in [7, 11) is -3.56. The SMILES string of the molecule is CCc1ncc(S(=O)(=O)N2CCCN(C(=O)C3CCC3)CC2)[nH]1. The number of carbonyl (C=O) groups excluding carboxylic acids is 1. The topological polar surface area (TPSA) is 86.4 Å². The lowest BCUT2D eigenvalue weighted by molar-refractivity contribution is -0.138. The van der Waals surface area contributed by atoms with Crippen LogP contribution in [0.15, 0.2) is 11.2 Å². The molecule has 2 aliphatic rings. The number of aromatic amines is 1. The first kappa shape index (κ1) is 16.4. The second kappa shape index (κ2) is 6.60. The number of hydrogen-bond acceptors (Lipinski definition) is 4. The van der Waals surface area contributed by atoms with Crippen LogP contribution in [0.2, 0.25) is 0 Å². The van der Waals surface area contributed by atoms with Gasteiger partial charge in [0.25, 0.3) is 10.0 Å². The van der Waals surface area contributed by atoms with Crippen LogP contribution in [0.1, 0.15) is 38.4 Å². The number of nitrogens with one attached hydrogen (secondary N) is 1. The molecule has 1 saturated carbocycles. The van der Waals surface area contributed by atoms with E-state index in [2.05, 4.69) is 9.97 Å². The Labute approximate surface area is 137 Å². The van der Waals surface area contributed by atoms with E-state index < -0.39 is 10.0 Å². The molecule has 8 heteroatoms. The van der Waals surface area contributed by atoms with Crippen molar-refractivity contribution in [2.45, 2.75) is 44.1 Å². The maximum Gasteiger partial charge on any atom is 0.260 e. The van der Waals surface area contributed by atoms with Crippen molar-refractivity contribution in [3.05, 3.63) is 12.0 Å². The molecule has 7 nitrogen and oxygen atoms in total. The van der Waals surface area contributed by atoms with Crippen molar-refractivity contribution in [3.8, 4) is 0 Å². The van der Waals surface area contributed by atoms with E-state index in [4.69, 9.17) is 0 Å². The minimum atomic E-state index is -3.56. The molecule has 0 unspecified atom stereocenters. The minimum absolute atomic E-state index is 0.146. The van der Waals surface area contributed by atoms with E-state index >= 15 is 0 Å². The molecule has 3 rings (SSSR count). The lowest BCUT2D eigenvalue weighted by Gasteiger charge is -2.30. The van der Waals surface area contributed by atoms with Crippen LogP contribution in [-0.2, 0) is 21.2 Å². The Morgan fingerprint density at radius 2 is 2.04 bits per heavy atom. The zero-order chi connectivity index (χ0) is 16.4. The monoisotopic (exact) mass is 340 g/mol. The fourth-order valence-corrected chi connectivity index (χ4v) is 4.46. The molecule has 0 aromatic carbocycles. The number of aromatic nitrogens is 2. The zero-order valence-electron chi connectivity index (χ0n) is 13.5. The Morgan fingerprint density at radius 1 is 1.26 bits per heavy atom. The van der Waals surface area contributed by atoms with Crippen LogP contribution in [0.4, 0.5) is 0 Å². The third-order valence-electron chi connectivity index (χ3n) is 4.78. The van der Waals surface area contributed by atoms with E-state index in [-0.39, 0.29) is 16.9 Å².